The number of hydrogen-bond acceptors (Lipinski definition) is 6. The first-order valence-electron chi connectivity index (χ1n) is 11.8. The Balaban J connectivity index is 1.45. The van der Waals surface area contributed by atoms with E-state index >= 15 is 0 Å². The lowest BCUT2D eigenvalue weighted by Crippen LogP contribution is -2.46. The molecular weight excluding hydrogens is 494 g/mol. The Hall–Kier alpha value is -3.27. The van der Waals surface area contributed by atoms with Gasteiger partial charge in [-0.15, -0.1) is 0 Å². The lowest BCUT2D eigenvalue weighted by Gasteiger charge is -2.33. The molecule has 5 rings (SSSR count). The van der Waals surface area contributed by atoms with E-state index in [9.17, 15) is 13.2 Å². The molecule has 1 aliphatic heterocycles. The van der Waals surface area contributed by atoms with E-state index in [1.54, 1.807) is 42.3 Å². The summed E-state index contributed by atoms with van der Waals surface area (Å²) in [6.45, 7) is 0.916. The third-order valence-electron chi connectivity index (χ3n) is 6.38. The van der Waals surface area contributed by atoms with Gasteiger partial charge in [0.05, 0.1) is 34.7 Å². The lowest BCUT2D eigenvalue weighted by molar-refractivity contribution is -0.123. The lowest BCUT2D eigenvalue weighted by atomic mass is 9.98. The van der Waals surface area contributed by atoms with Gasteiger partial charge in [-0.3, -0.25) is 9.69 Å². The molecule has 0 spiro atoms. The molecule has 1 unspecified atom stereocenters. The summed E-state index contributed by atoms with van der Waals surface area (Å²) in [5.74, 6) is 0.134. The number of piperidine rings is 1. The van der Waals surface area contributed by atoms with Crippen LogP contribution in [0.25, 0.3) is 10.2 Å². The van der Waals surface area contributed by atoms with Crippen LogP contribution in [0.5, 0.6) is 5.75 Å². The minimum Gasteiger partial charge on any atom is -0.497 e. The second-order valence-electron chi connectivity index (χ2n) is 8.76. The van der Waals surface area contributed by atoms with E-state index in [-0.39, 0.29) is 17.3 Å². The number of fused-ring (bicyclic) bond motifs is 1. The second kappa shape index (κ2) is 10.4. The number of nitrogens with zero attached hydrogens (tertiary/aromatic N) is 3. The number of methoxy groups -OCH3 is 1. The number of hydrogen-bond donors (Lipinski definition) is 0. The van der Waals surface area contributed by atoms with E-state index < -0.39 is 15.9 Å². The van der Waals surface area contributed by atoms with Gasteiger partial charge in [-0.25, -0.2) is 13.4 Å². The molecule has 1 atom stereocenters. The Morgan fingerprint density at radius 2 is 1.81 bits per heavy atom. The number of carbonyl (C=O) groups is 1. The molecule has 1 fully saturated rings. The molecule has 0 radical (unpaired) electrons. The Morgan fingerprint density at radius 1 is 1.08 bits per heavy atom. The summed E-state index contributed by atoms with van der Waals surface area (Å²) < 4.78 is 34.2. The SMILES string of the molecule is COc1ccc2sc(N(Cc3ccccc3)C(=O)C3CCCN(S(=O)(=O)c4ccccc4)C3)nc2c1. The number of carbonyl (C=O) groups excluding carboxylic acids is 1. The maximum atomic E-state index is 14.0. The van der Waals surface area contributed by atoms with Crippen LogP contribution in [0.2, 0.25) is 0 Å². The highest BCUT2D eigenvalue weighted by molar-refractivity contribution is 7.89. The summed E-state index contributed by atoms with van der Waals surface area (Å²) in [6.07, 6.45) is 1.25. The number of ether oxygens (including phenoxy) is 1. The maximum Gasteiger partial charge on any atom is 0.243 e. The standard InChI is InChI=1S/C27H27N3O4S2/c1-34-22-14-15-25-24(17-22)28-27(35-25)30(18-20-9-4-2-5-10-20)26(31)21-11-8-16-29(19-21)36(32,33)23-12-6-3-7-13-23/h2-7,9-10,12-15,17,21H,8,11,16,18-19H2,1H3. The summed E-state index contributed by atoms with van der Waals surface area (Å²) in [4.78, 5) is 20.7. The van der Waals surface area contributed by atoms with E-state index in [0.29, 0.717) is 36.8 Å². The highest BCUT2D eigenvalue weighted by Crippen LogP contribution is 2.34. The molecule has 1 saturated heterocycles. The van der Waals surface area contributed by atoms with Crippen LogP contribution in [0.15, 0.2) is 83.8 Å². The number of thiazole rings is 1. The number of sulfonamides is 1. The Morgan fingerprint density at radius 3 is 2.53 bits per heavy atom. The zero-order valence-electron chi connectivity index (χ0n) is 19.9. The molecular formula is C27H27N3O4S2. The number of amides is 1. The molecule has 186 valence electrons. The van der Waals surface area contributed by atoms with Gasteiger partial charge in [0.1, 0.15) is 5.75 Å². The fraction of sp³-hybridized carbons (Fsp3) is 0.259. The molecule has 0 N–H and O–H groups in total. The Labute approximate surface area is 215 Å². The first-order chi connectivity index (χ1) is 17.5. The first kappa shape index (κ1) is 24.4. The van der Waals surface area contributed by atoms with Gasteiger partial charge in [-0.1, -0.05) is 59.9 Å². The normalized spacial score (nSPS) is 16.6. The Kier molecular flexibility index (Phi) is 7.04. The van der Waals surface area contributed by atoms with Crippen LogP contribution in [0.1, 0.15) is 18.4 Å². The monoisotopic (exact) mass is 521 g/mol. The van der Waals surface area contributed by atoms with Crippen molar-refractivity contribution in [1.82, 2.24) is 9.29 Å². The highest BCUT2D eigenvalue weighted by atomic mass is 32.2. The van der Waals surface area contributed by atoms with Crippen LogP contribution in [0.4, 0.5) is 5.13 Å². The Bertz CT molecular complexity index is 1460. The number of rotatable bonds is 7. The van der Waals surface area contributed by atoms with Gasteiger partial charge < -0.3 is 4.74 Å². The average molecular weight is 522 g/mol. The van der Waals surface area contributed by atoms with E-state index in [1.165, 1.54) is 15.6 Å². The summed E-state index contributed by atoms with van der Waals surface area (Å²) in [5, 5.41) is 0.593. The molecule has 9 heteroatoms. The predicted molar refractivity (Wildman–Crippen MR) is 142 cm³/mol. The quantitative estimate of drug-likeness (QED) is 0.344. The molecule has 4 aromatic rings. The molecule has 2 heterocycles. The fourth-order valence-corrected chi connectivity index (χ4v) is 6.96. The molecule has 36 heavy (non-hydrogen) atoms. The van der Waals surface area contributed by atoms with Gasteiger partial charge in [0.25, 0.3) is 0 Å². The topological polar surface area (TPSA) is 79.8 Å². The molecule has 1 aliphatic rings. The van der Waals surface area contributed by atoms with Crippen molar-refractivity contribution in [2.24, 2.45) is 5.92 Å². The minimum atomic E-state index is -3.67. The van der Waals surface area contributed by atoms with Gasteiger partial charge in [0, 0.05) is 19.2 Å². The molecule has 1 aromatic heterocycles. The van der Waals surface area contributed by atoms with Crippen molar-refractivity contribution in [3.05, 3.63) is 84.4 Å². The van der Waals surface area contributed by atoms with Gasteiger partial charge in [-0.2, -0.15) is 4.31 Å². The zero-order chi connectivity index (χ0) is 25.1. The van der Waals surface area contributed by atoms with E-state index in [0.717, 1.165) is 15.8 Å². The zero-order valence-corrected chi connectivity index (χ0v) is 21.5. The largest absolute Gasteiger partial charge is 0.497 e. The van der Waals surface area contributed by atoms with Crippen LogP contribution in [-0.4, -0.2) is 43.8 Å². The van der Waals surface area contributed by atoms with E-state index in [2.05, 4.69) is 0 Å². The number of aromatic nitrogens is 1. The molecule has 0 aliphatic carbocycles. The van der Waals surface area contributed by atoms with Gasteiger partial charge in [0.15, 0.2) is 5.13 Å². The van der Waals surface area contributed by atoms with Crippen LogP contribution >= 0.6 is 11.3 Å². The summed E-state index contributed by atoms with van der Waals surface area (Å²) in [6, 6.07) is 23.8. The van der Waals surface area contributed by atoms with Crippen molar-refractivity contribution >= 4 is 42.6 Å². The van der Waals surface area contributed by atoms with Crippen LogP contribution in [-0.2, 0) is 21.4 Å². The summed E-state index contributed by atoms with van der Waals surface area (Å²) >= 11 is 1.45. The average Bonchev–Trinajstić information content (AvgIpc) is 3.35. The third kappa shape index (κ3) is 5.00. The predicted octanol–water partition coefficient (Wildman–Crippen LogP) is 4.94. The van der Waals surface area contributed by atoms with Gasteiger partial charge in [0.2, 0.25) is 15.9 Å². The van der Waals surface area contributed by atoms with Crippen molar-refractivity contribution in [2.75, 3.05) is 25.1 Å². The van der Waals surface area contributed by atoms with Crippen molar-refractivity contribution in [3.63, 3.8) is 0 Å². The van der Waals surface area contributed by atoms with Crippen LogP contribution in [0.3, 0.4) is 0 Å². The molecule has 0 bridgehead atoms. The van der Waals surface area contributed by atoms with Gasteiger partial charge in [-0.05, 0) is 42.7 Å². The third-order valence-corrected chi connectivity index (χ3v) is 9.32. The molecule has 0 saturated carbocycles. The van der Waals surface area contributed by atoms with E-state index in [4.69, 9.17) is 9.72 Å². The van der Waals surface area contributed by atoms with Gasteiger partial charge >= 0.3 is 0 Å². The highest BCUT2D eigenvalue weighted by Gasteiger charge is 2.36. The van der Waals surface area contributed by atoms with Crippen molar-refractivity contribution in [1.29, 1.82) is 0 Å². The van der Waals surface area contributed by atoms with Crippen molar-refractivity contribution < 1.29 is 17.9 Å². The first-order valence-corrected chi connectivity index (χ1v) is 14.1. The van der Waals surface area contributed by atoms with Crippen molar-refractivity contribution in [2.45, 2.75) is 24.3 Å². The van der Waals surface area contributed by atoms with Crippen LogP contribution < -0.4 is 9.64 Å². The number of benzene rings is 3. The second-order valence-corrected chi connectivity index (χ2v) is 11.7. The van der Waals surface area contributed by atoms with Crippen LogP contribution in [0, 0.1) is 5.92 Å². The van der Waals surface area contributed by atoms with Crippen molar-refractivity contribution in [3.8, 4) is 5.75 Å². The summed E-state index contributed by atoms with van der Waals surface area (Å²) in [7, 11) is -2.06. The molecule has 1 amide bonds. The summed E-state index contributed by atoms with van der Waals surface area (Å²) in [5.41, 5.74) is 1.74. The molecule has 3 aromatic carbocycles. The minimum absolute atomic E-state index is 0.113. The molecule has 7 nitrogen and oxygen atoms in total. The number of anilines is 1. The smallest absolute Gasteiger partial charge is 0.243 e. The van der Waals surface area contributed by atoms with E-state index in [1.807, 2.05) is 48.5 Å². The fourth-order valence-electron chi connectivity index (χ4n) is 4.47. The maximum absolute atomic E-state index is 14.0.